The van der Waals surface area contributed by atoms with E-state index in [-0.39, 0.29) is 17.2 Å². The molecule has 0 aliphatic heterocycles. The molecule has 0 saturated heterocycles. The van der Waals surface area contributed by atoms with Crippen LogP contribution in [-0.2, 0) is 13.1 Å². The number of nitrogens with one attached hydrogen (secondary N) is 2. The van der Waals surface area contributed by atoms with E-state index in [4.69, 9.17) is 14.2 Å². The van der Waals surface area contributed by atoms with Gasteiger partial charge >= 0.3 is 12.2 Å². The average molecular weight is 519 g/mol. The van der Waals surface area contributed by atoms with E-state index in [1.54, 1.807) is 30.3 Å². The van der Waals surface area contributed by atoms with Gasteiger partial charge in [-0.3, -0.25) is 0 Å². The number of amides is 2. The van der Waals surface area contributed by atoms with Crippen LogP contribution >= 0.6 is 0 Å². The summed E-state index contributed by atoms with van der Waals surface area (Å²) in [4.78, 5) is 25.5. The Kier molecular flexibility index (Phi) is 7.99. The van der Waals surface area contributed by atoms with Crippen LogP contribution < -0.4 is 24.8 Å². The Hall–Kier alpha value is -5.30. The van der Waals surface area contributed by atoms with Crippen LogP contribution in [0.5, 0.6) is 23.0 Å². The van der Waals surface area contributed by atoms with E-state index in [0.29, 0.717) is 29.6 Å². The Morgan fingerprint density at radius 1 is 0.538 bits per heavy atom. The van der Waals surface area contributed by atoms with E-state index in [2.05, 4.69) is 10.6 Å². The van der Waals surface area contributed by atoms with Crippen molar-refractivity contribution in [3.63, 3.8) is 0 Å². The summed E-state index contributed by atoms with van der Waals surface area (Å²) < 4.78 is 17.6. The summed E-state index contributed by atoms with van der Waals surface area (Å²) in [7, 11) is 0. The fourth-order valence-corrected chi connectivity index (χ4v) is 3.98. The highest BCUT2D eigenvalue weighted by molar-refractivity contribution is 5.98. The molecule has 5 rings (SSSR count). The Balaban J connectivity index is 1.43. The van der Waals surface area contributed by atoms with E-state index in [1.165, 1.54) is 0 Å². The van der Waals surface area contributed by atoms with Gasteiger partial charge in [0.1, 0.15) is 11.5 Å². The van der Waals surface area contributed by atoms with Crippen molar-refractivity contribution in [2.75, 3.05) is 0 Å². The monoisotopic (exact) mass is 518 g/mol. The maximum atomic E-state index is 12.8. The van der Waals surface area contributed by atoms with Crippen molar-refractivity contribution >= 4 is 23.0 Å². The van der Waals surface area contributed by atoms with Crippen LogP contribution in [0.1, 0.15) is 11.1 Å². The minimum absolute atomic E-state index is 0.206. The number of fused-ring (bicyclic) bond motifs is 1. The fourth-order valence-electron chi connectivity index (χ4n) is 3.98. The van der Waals surface area contributed by atoms with Crippen LogP contribution in [-0.4, -0.2) is 12.2 Å². The molecule has 0 heterocycles. The summed E-state index contributed by atoms with van der Waals surface area (Å²) in [6.07, 6.45) is -1.26. The molecule has 7 nitrogen and oxygen atoms in total. The van der Waals surface area contributed by atoms with Crippen LogP contribution in [0.4, 0.5) is 9.59 Å². The van der Waals surface area contributed by atoms with Gasteiger partial charge in [-0.05, 0) is 23.3 Å². The first-order chi connectivity index (χ1) is 19.2. The van der Waals surface area contributed by atoms with Gasteiger partial charge in [0, 0.05) is 29.9 Å². The standard InChI is InChI=1S/C32H26N2O5/c35-31(33-21-23-12-4-1-5-13-23)38-28-20-29(37-25-16-8-3-9-17-25)30(27-19-11-10-18-26(27)28)39-32(36)34-22-24-14-6-2-7-15-24/h1-20H,21-22H2,(H,33,35)(H,34,36). The molecule has 0 spiro atoms. The number of rotatable bonds is 8. The van der Waals surface area contributed by atoms with Crippen molar-refractivity contribution in [3.8, 4) is 23.0 Å². The quantitative estimate of drug-likeness (QED) is 0.227. The van der Waals surface area contributed by atoms with E-state index in [1.807, 2.05) is 91.0 Å². The van der Waals surface area contributed by atoms with E-state index < -0.39 is 12.2 Å². The van der Waals surface area contributed by atoms with Gasteiger partial charge < -0.3 is 24.8 Å². The molecule has 194 valence electrons. The van der Waals surface area contributed by atoms with Gasteiger partial charge in [0.2, 0.25) is 0 Å². The summed E-state index contributed by atoms with van der Waals surface area (Å²) in [5.41, 5.74) is 1.88. The third-order valence-electron chi connectivity index (χ3n) is 5.85. The number of ether oxygens (including phenoxy) is 3. The molecule has 2 N–H and O–H groups in total. The van der Waals surface area contributed by atoms with Crippen LogP contribution in [0, 0.1) is 0 Å². The maximum absolute atomic E-state index is 12.8. The zero-order chi connectivity index (χ0) is 26.9. The lowest BCUT2D eigenvalue weighted by Crippen LogP contribution is -2.27. The lowest BCUT2D eigenvalue weighted by atomic mass is 10.1. The van der Waals surface area contributed by atoms with Gasteiger partial charge in [0.05, 0.1) is 0 Å². The van der Waals surface area contributed by atoms with Crippen LogP contribution in [0.25, 0.3) is 10.8 Å². The molecule has 0 radical (unpaired) electrons. The molecular weight excluding hydrogens is 492 g/mol. The predicted molar refractivity (Wildman–Crippen MR) is 149 cm³/mol. The molecule has 39 heavy (non-hydrogen) atoms. The Morgan fingerprint density at radius 2 is 1.03 bits per heavy atom. The molecule has 0 bridgehead atoms. The van der Waals surface area contributed by atoms with Crippen molar-refractivity contribution in [1.82, 2.24) is 10.6 Å². The highest BCUT2D eigenvalue weighted by Crippen LogP contribution is 2.43. The number of carbonyl (C=O) groups is 2. The normalized spacial score (nSPS) is 10.5. The molecule has 2 amide bonds. The SMILES string of the molecule is O=C(NCc1ccccc1)Oc1cc(Oc2ccccc2)c(OC(=O)NCc2ccccc2)c2ccccc12. The summed E-state index contributed by atoms with van der Waals surface area (Å²) in [5, 5.41) is 6.66. The number of benzene rings is 5. The first kappa shape index (κ1) is 25.4. The zero-order valence-electron chi connectivity index (χ0n) is 21.0. The Bertz CT molecular complexity index is 1560. The Labute approximate surface area is 226 Å². The van der Waals surface area contributed by atoms with Crippen molar-refractivity contribution in [3.05, 3.63) is 132 Å². The third-order valence-corrected chi connectivity index (χ3v) is 5.85. The highest BCUT2D eigenvalue weighted by atomic mass is 16.6. The second kappa shape index (κ2) is 12.3. The van der Waals surface area contributed by atoms with Gasteiger partial charge in [0.15, 0.2) is 11.5 Å². The minimum atomic E-state index is -0.642. The van der Waals surface area contributed by atoms with Crippen molar-refractivity contribution < 1.29 is 23.8 Å². The fraction of sp³-hybridized carbons (Fsp3) is 0.0625. The predicted octanol–water partition coefficient (Wildman–Crippen LogP) is 7.21. The first-order valence-corrected chi connectivity index (χ1v) is 12.4. The molecule has 0 saturated carbocycles. The van der Waals surface area contributed by atoms with Gasteiger partial charge in [-0.15, -0.1) is 0 Å². The van der Waals surface area contributed by atoms with Gasteiger partial charge in [0.25, 0.3) is 0 Å². The molecule has 7 heteroatoms. The van der Waals surface area contributed by atoms with Crippen molar-refractivity contribution in [1.29, 1.82) is 0 Å². The summed E-state index contributed by atoms with van der Waals surface area (Å²) in [6.45, 7) is 0.614. The lowest BCUT2D eigenvalue weighted by Gasteiger charge is -2.17. The zero-order valence-corrected chi connectivity index (χ0v) is 21.0. The van der Waals surface area contributed by atoms with E-state index in [9.17, 15) is 9.59 Å². The smallest absolute Gasteiger partial charge is 0.413 e. The molecule has 0 atom stereocenters. The summed E-state index contributed by atoms with van der Waals surface area (Å²) in [6, 6.07) is 36.9. The molecular formula is C32H26N2O5. The number of hydrogen-bond donors (Lipinski definition) is 2. The number of para-hydroxylation sites is 1. The summed E-state index contributed by atoms with van der Waals surface area (Å²) in [5.74, 6) is 1.22. The van der Waals surface area contributed by atoms with Crippen molar-refractivity contribution in [2.45, 2.75) is 13.1 Å². The van der Waals surface area contributed by atoms with Gasteiger partial charge in [-0.2, -0.15) is 0 Å². The van der Waals surface area contributed by atoms with Gasteiger partial charge in [-0.25, -0.2) is 9.59 Å². The van der Waals surface area contributed by atoms with Crippen molar-refractivity contribution in [2.24, 2.45) is 0 Å². The molecule has 0 aliphatic rings. The lowest BCUT2D eigenvalue weighted by molar-refractivity contribution is 0.197. The molecule has 0 aliphatic carbocycles. The number of hydrogen-bond acceptors (Lipinski definition) is 5. The molecule has 0 unspecified atom stereocenters. The number of carbonyl (C=O) groups excluding carboxylic acids is 2. The molecule has 0 aromatic heterocycles. The van der Waals surface area contributed by atoms with Gasteiger partial charge in [-0.1, -0.05) is 103 Å². The summed E-state index contributed by atoms with van der Waals surface area (Å²) >= 11 is 0. The van der Waals surface area contributed by atoms with E-state index in [0.717, 1.165) is 11.1 Å². The first-order valence-electron chi connectivity index (χ1n) is 12.4. The van der Waals surface area contributed by atoms with Crippen LogP contribution in [0.15, 0.2) is 121 Å². The molecule has 5 aromatic rings. The molecule has 5 aromatic carbocycles. The Morgan fingerprint density at radius 3 is 1.62 bits per heavy atom. The third kappa shape index (κ3) is 6.72. The van der Waals surface area contributed by atoms with E-state index >= 15 is 0 Å². The highest BCUT2D eigenvalue weighted by Gasteiger charge is 2.20. The maximum Gasteiger partial charge on any atom is 0.413 e. The second-order valence-corrected chi connectivity index (χ2v) is 8.62. The molecule has 0 fully saturated rings. The topological polar surface area (TPSA) is 85.9 Å². The minimum Gasteiger partial charge on any atom is -0.453 e. The van der Waals surface area contributed by atoms with Crippen LogP contribution in [0.2, 0.25) is 0 Å². The van der Waals surface area contributed by atoms with Crippen LogP contribution in [0.3, 0.4) is 0 Å². The average Bonchev–Trinajstić information content (AvgIpc) is 2.98. The largest absolute Gasteiger partial charge is 0.453 e. The second-order valence-electron chi connectivity index (χ2n) is 8.62.